The summed E-state index contributed by atoms with van der Waals surface area (Å²) in [5.41, 5.74) is -0.0795. The summed E-state index contributed by atoms with van der Waals surface area (Å²) < 4.78 is 0. The molecule has 0 radical (unpaired) electrons. The largest absolute Gasteiger partial charge is 0.385 e. The highest BCUT2D eigenvalue weighted by molar-refractivity contribution is 5.20. The number of hydrogen-bond donors (Lipinski definition) is 1. The average molecular weight is 194 g/mol. The van der Waals surface area contributed by atoms with Gasteiger partial charge in [0.15, 0.2) is 0 Å². The summed E-state index contributed by atoms with van der Waals surface area (Å²) in [6.45, 7) is 10.7. The predicted molar refractivity (Wildman–Crippen MR) is 59.0 cm³/mol. The van der Waals surface area contributed by atoms with Crippen LogP contribution in [0.1, 0.15) is 46.5 Å². The lowest BCUT2D eigenvalue weighted by Crippen LogP contribution is -2.36. The van der Waals surface area contributed by atoms with Crippen LogP contribution in [0.5, 0.6) is 0 Å². The Balaban J connectivity index is 2.28. The molecule has 2 rings (SSSR count). The second kappa shape index (κ2) is 2.63. The quantitative estimate of drug-likeness (QED) is 0.636. The number of rotatable bonds is 1. The third-order valence-corrected chi connectivity index (χ3v) is 4.72. The summed E-state index contributed by atoms with van der Waals surface area (Å²) in [5.74, 6) is 0.711. The van der Waals surface area contributed by atoms with Crippen molar-refractivity contribution in [3.63, 3.8) is 0 Å². The van der Waals surface area contributed by atoms with Gasteiger partial charge in [0.25, 0.3) is 0 Å². The van der Waals surface area contributed by atoms with E-state index < -0.39 is 5.60 Å². The molecule has 0 heterocycles. The van der Waals surface area contributed by atoms with E-state index in [4.69, 9.17) is 0 Å². The van der Waals surface area contributed by atoms with E-state index in [2.05, 4.69) is 27.4 Å². The lowest BCUT2D eigenvalue weighted by Gasteiger charge is -2.32. The molecule has 0 unspecified atom stereocenters. The minimum absolute atomic E-state index is 0.127. The molecule has 0 spiro atoms. The van der Waals surface area contributed by atoms with Crippen molar-refractivity contribution in [2.75, 3.05) is 0 Å². The summed E-state index contributed by atoms with van der Waals surface area (Å²) in [7, 11) is 0. The zero-order chi connectivity index (χ0) is 10.6. The molecule has 0 aromatic carbocycles. The molecule has 80 valence electrons. The van der Waals surface area contributed by atoms with E-state index in [1.54, 1.807) is 6.08 Å². The summed E-state index contributed by atoms with van der Waals surface area (Å²) in [4.78, 5) is 0. The van der Waals surface area contributed by atoms with Crippen molar-refractivity contribution in [2.24, 2.45) is 16.7 Å². The fourth-order valence-electron chi connectivity index (χ4n) is 3.20. The highest BCUT2D eigenvalue weighted by atomic mass is 16.3. The first-order valence-electron chi connectivity index (χ1n) is 5.69. The molecule has 1 heteroatoms. The Morgan fingerprint density at radius 1 is 1.21 bits per heavy atom. The Morgan fingerprint density at radius 3 is 2.43 bits per heavy atom. The van der Waals surface area contributed by atoms with Crippen LogP contribution < -0.4 is 0 Å². The van der Waals surface area contributed by atoms with Gasteiger partial charge in [0.2, 0.25) is 0 Å². The van der Waals surface area contributed by atoms with E-state index in [-0.39, 0.29) is 5.41 Å². The van der Waals surface area contributed by atoms with Gasteiger partial charge in [-0.25, -0.2) is 0 Å². The number of fused-ring (bicyclic) bond motifs is 1. The number of hydrogen-bond acceptors (Lipinski definition) is 1. The van der Waals surface area contributed by atoms with Gasteiger partial charge in [-0.1, -0.05) is 26.8 Å². The summed E-state index contributed by atoms with van der Waals surface area (Å²) in [6, 6.07) is 0. The summed E-state index contributed by atoms with van der Waals surface area (Å²) >= 11 is 0. The maximum atomic E-state index is 10.5. The second-order valence-electron chi connectivity index (χ2n) is 6.32. The average Bonchev–Trinajstić information content (AvgIpc) is 2.73. The first-order valence-corrected chi connectivity index (χ1v) is 5.69. The fraction of sp³-hybridized carbons (Fsp3) is 0.846. The minimum atomic E-state index is -0.606. The van der Waals surface area contributed by atoms with Gasteiger partial charge in [-0.05, 0) is 37.0 Å². The van der Waals surface area contributed by atoms with E-state index in [1.807, 2.05) is 0 Å². The van der Waals surface area contributed by atoms with Crippen LogP contribution in [-0.4, -0.2) is 10.7 Å². The van der Waals surface area contributed by atoms with Crippen LogP contribution in [0.15, 0.2) is 12.7 Å². The Hall–Kier alpha value is -0.300. The van der Waals surface area contributed by atoms with Gasteiger partial charge >= 0.3 is 0 Å². The van der Waals surface area contributed by atoms with E-state index in [1.165, 1.54) is 12.8 Å². The lowest BCUT2D eigenvalue weighted by atomic mass is 9.80. The standard InChI is InChI=1S/C13H22O/c1-5-13(14)7-6-11(2,3)8-10-9-12(10,13)4/h5,10,14H,1,6-9H2,2-4H3/t10-,12+,13+/m0/s1. The first kappa shape index (κ1) is 10.2. The Bertz CT molecular complexity index is 268. The van der Waals surface area contributed by atoms with Crippen LogP contribution in [-0.2, 0) is 0 Å². The molecule has 2 fully saturated rings. The van der Waals surface area contributed by atoms with Crippen molar-refractivity contribution in [3.8, 4) is 0 Å². The molecular weight excluding hydrogens is 172 g/mol. The van der Waals surface area contributed by atoms with Gasteiger partial charge in [-0.2, -0.15) is 0 Å². The second-order valence-corrected chi connectivity index (χ2v) is 6.32. The number of aliphatic hydroxyl groups is 1. The minimum Gasteiger partial charge on any atom is -0.385 e. The molecule has 1 N–H and O–H groups in total. The first-order chi connectivity index (χ1) is 6.33. The van der Waals surface area contributed by atoms with Crippen molar-refractivity contribution < 1.29 is 5.11 Å². The molecular formula is C13H22O. The molecule has 0 amide bonds. The van der Waals surface area contributed by atoms with Crippen LogP contribution in [0.3, 0.4) is 0 Å². The molecule has 2 saturated carbocycles. The highest BCUT2D eigenvalue weighted by Gasteiger charge is 2.63. The summed E-state index contributed by atoms with van der Waals surface area (Å²) in [5, 5.41) is 10.5. The smallest absolute Gasteiger partial charge is 0.0881 e. The van der Waals surface area contributed by atoms with Gasteiger partial charge in [-0.3, -0.25) is 0 Å². The topological polar surface area (TPSA) is 20.2 Å². The van der Waals surface area contributed by atoms with Gasteiger partial charge in [0.1, 0.15) is 0 Å². The molecule has 2 aliphatic rings. The molecule has 0 saturated heterocycles. The zero-order valence-electron chi connectivity index (χ0n) is 9.64. The molecule has 0 aliphatic heterocycles. The van der Waals surface area contributed by atoms with Gasteiger partial charge in [-0.15, -0.1) is 6.58 Å². The van der Waals surface area contributed by atoms with Crippen LogP contribution >= 0.6 is 0 Å². The molecule has 3 atom stereocenters. The van der Waals surface area contributed by atoms with Gasteiger partial charge in [0, 0.05) is 5.41 Å². The van der Waals surface area contributed by atoms with Gasteiger partial charge in [0.05, 0.1) is 5.60 Å². The third-order valence-electron chi connectivity index (χ3n) is 4.72. The zero-order valence-corrected chi connectivity index (χ0v) is 9.64. The van der Waals surface area contributed by atoms with Crippen LogP contribution in [0, 0.1) is 16.7 Å². The Morgan fingerprint density at radius 2 is 1.86 bits per heavy atom. The van der Waals surface area contributed by atoms with Gasteiger partial charge < -0.3 is 5.11 Å². The lowest BCUT2D eigenvalue weighted by molar-refractivity contribution is 0.00833. The highest BCUT2D eigenvalue weighted by Crippen LogP contribution is 2.66. The maximum Gasteiger partial charge on any atom is 0.0881 e. The van der Waals surface area contributed by atoms with Crippen molar-refractivity contribution in [2.45, 2.75) is 52.1 Å². The SMILES string of the molecule is C=C[C@@]1(O)CCC(C)(C)C[C@H]2C[C@]21C. The van der Waals surface area contributed by atoms with Crippen LogP contribution in [0.25, 0.3) is 0 Å². The normalized spacial score (nSPS) is 50.4. The molecule has 0 aromatic rings. The monoisotopic (exact) mass is 194 g/mol. The van der Waals surface area contributed by atoms with Crippen LogP contribution in [0.2, 0.25) is 0 Å². The molecule has 14 heavy (non-hydrogen) atoms. The molecule has 0 bridgehead atoms. The van der Waals surface area contributed by atoms with E-state index in [9.17, 15) is 5.11 Å². The van der Waals surface area contributed by atoms with E-state index in [0.29, 0.717) is 11.3 Å². The Labute approximate surface area is 87.2 Å². The maximum absolute atomic E-state index is 10.5. The molecule has 2 aliphatic carbocycles. The van der Waals surface area contributed by atoms with E-state index in [0.717, 1.165) is 12.8 Å². The summed E-state index contributed by atoms with van der Waals surface area (Å²) in [6.07, 6.45) is 6.23. The predicted octanol–water partition coefficient (Wildman–Crippen LogP) is 3.14. The Kier molecular flexibility index (Phi) is 1.92. The van der Waals surface area contributed by atoms with Crippen molar-refractivity contribution >= 4 is 0 Å². The third kappa shape index (κ3) is 1.25. The fourth-order valence-corrected chi connectivity index (χ4v) is 3.20. The molecule has 1 nitrogen and oxygen atoms in total. The van der Waals surface area contributed by atoms with Crippen molar-refractivity contribution in [1.29, 1.82) is 0 Å². The van der Waals surface area contributed by atoms with Crippen LogP contribution in [0.4, 0.5) is 0 Å². The van der Waals surface area contributed by atoms with E-state index >= 15 is 0 Å². The molecule has 0 aromatic heterocycles. The van der Waals surface area contributed by atoms with Crippen molar-refractivity contribution in [1.82, 2.24) is 0 Å². The van der Waals surface area contributed by atoms with Crippen molar-refractivity contribution in [3.05, 3.63) is 12.7 Å².